The molecule has 4 rings (SSSR count). The molecule has 0 atom stereocenters. The van der Waals surface area contributed by atoms with Crippen LogP contribution in [0.5, 0.6) is 5.75 Å². The number of fused-ring (bicyclic) bond motifs is 1. The summed E-state index contributed by atoms with van der Waals surface area (Å²) in [7, 11) is 0. The van der Waals surface area contributed by atoms with Crippen molar-refractivity contribution >= 4 is 16.8 Å². The maximum absolute atomic E-state index is 13.1. The van der Waals surface area contributed by atoms with Gasteiger partial charge in [0.05, 0.1) is 29.1 Å². The molecule has 1 amide bonds. The number of rotatable bonds is 6. The number of amides is 1. The Hall–Kier alpha value is -3.73. The molecule has 0 fully saturated rings. The van der Waals surface area contributed by atoms with Crippen molar-refractivity contribution in [3.05, 3.63) is 90.1 Å². The Labute approximate surface area is 169 Å². The molecule has 0 radical (unpaired) electrons. The fourth-order valence-corrected chi connectivity index (χ4v) is 3.23. The van der Waals surface area contributed by atoms with Crippen molar-refractivity contribution in [2.45, 2.75) is 13.5 Å². The van der Waals surface area contributed by atoms with Gasteiger partial charge >= 0.3 is 0 Å². The molecule has 4 aromatic rings. The molecule has 0 aliphatic heterocycles. The molecule has 0 saturated heterocycles. The zero-order valence-electron chi connectivity index (χ0n) is 16.1. The number of carbonyl (C=O) groups excluding carboxylic acids is 1. The normalized spacial score (nSPS) is 10.7. The third kappa shape index (κ3) is 4.09. The summed E-state index contributed by atoms with van der Waals surface area (Å²) < 4.78 is 5.65. The van der Waals surface area contributed by atoms with E-state index in [1.807, 2.05) is 73.7 Å². The fourth-order valence-electron chi connectivity index (χ4n) is 3.23. The van der Waals surface area contributed by atoms with Gasteiger partial charge in [-0.25, -0.2) is 4.98 Å². The average Bonchev–Trinajstić information content (AvgIpc) is 2.78. The molecule has 5 heteroatoms. The average molecular weight is 383 g/mol. The Kier molecular flexibility index (Phi) is 5.47. The molecular weight excluding hydrogens is 362 g/mol. The highest BCUT2D eigenvalue weighted by Gasteiger charge is 2.15. The summed E-state index contributed by atoms with van der Waals surface area (Å²) in [6.45, 7) is 2.90. The number of pyridine rings is 2. The van der Waals surface area contributed by atoms with Gasteiger partial charge in [-0.1, -0.05) is 42.5 Å². The zero-order valence-corrected chi connectivity index (χ0v) is 16.1. The van der Waals surface area contributed by atoms with Crippen LogP contribution in [0.4, 0.5) is 0 Å². The molecule has 2 aromatic carbocycles. The molecule has 144 valence electrons. The molecule has 0 aliphatic rings. The summed E-state index contributed by atoms with van der Waals surface area (Å²) >= 11 is 0. The van der Waals surface area contributed by atoms with E-state index < -0.39 is 0 Å². The first kappa shape index (κ1) is 18.6. The van der Waals surface area contributed by atoms with Crippen LogP contribution in [-0.2, 0) is 6.54 Å². The van der Waals surface area contributed by atoms with Crippen molar-refractivity contribution in [3.63, 3.8) is 0 Å². The first-order chi connectivity index (χ1) is 14.3. The summed E-state index contributed by atoms with van der Waals surface area (Å²) in [5.74, 6) is 0.621. The Morgan fingerprint density at radius 1 is 0.966 bits per heavy atom. The molecule has 2 heterocycles. The fraction of sp³-hybridized carbons (Fsp3) is 0.125. The third-order valence-electron chi connectivity index (χ3n) is 4.60. The predicted molar refractivity (Wildman–Crippen MR) is 114 cm³/mol. The minimum Gasteiger partial charge on any atom is -0.494 e. The van der Waals surface area contributed by atoms with E-state index in [-0.39, 0.29) is 5.91 Å². The van der Waals surface area contributed by atoms with E-state index in [0.29, 0.717) is 24.4 Å². The van der Waals surface area contributed by atoms with Gasteiger partial charge in [0.1, 0.15) is 5.75 Å². The number of hydrogen-bond donors (Lipinski definition) is 1. The summed E-state index contributed by atoms with van der Waals surface area (Å²) in [5, 5.41) is 3.83. The lowest BCUT2D eigenvalue weighted by Crippen LogP contribution is -2.23. The van der Waals surface area contributed by atoms with E-state index in [1.165, 1.54) is 0 Å². The number of para-hydroxylation sites is 2. The van der Waals surface area contributed by atoms with Crippen molar-refractivity contribution in [1.82, 2.24) is 15.3 Å². The van der Waals surface area contributed by atoms with E-state index >= 15 is 0 Å². The summed E-state index contributed by atoms with van der Waals surface area (Å²) in [6, 6.07) is 22.8. The molecule has 0 aliphatic carbocycles. The highest BCUT2D eigenvalue weighted by molar-refractivity contribution is 6.07. The molecule has 29 heavy (non-hydrogen) atoms. The minimum absolute atomic E-state index is 0.160. The van der Waals surface area contributed by atoms with Crippen LogP contribution in [0.3, 0.4) is 0 Å². The van der Waals surface area contributed by atoms with Crippen molar-refractivity contribution in [3.8, 4) is 17.1 Å². The van der Waals surface area contributed by atoms with E-state index in [2.05, 4.69) is 15.3 Å². The minimum atomic E-state index is -0.160. The molecule has 5 nitrogen and oxygen atoms in total. The van der Waals surface area contributed by atoms with Gasteiger partial charge in [0.15, 0.2) is 0 Å². The van der Waals surface area contributed by atoms with Crippen LogP contribution >= 0.6 is 0 Å². The van der Waals surface area contributed by atoms with Gasteiger partial charge in [-0.3, -0.25) is 9.78 Å². The first-order valence-electron chi connectivity index (χ1n) is 9.56. The number of nitrogens with one attached hydrogen (secondary N) is 1. The molecular formula is C24H21N3O2. The third-order valence-corrected chi connectivity index (χ3v) is 4.60. The number of aromatic nitrogens is 2. The van der Waals surface area contributed by atoms with Gasteiger partial charge in [0.2, 0.25) is 0 Å². The van der Waals surface area contributed by atoms with Gasteiger partial charge in [-0.15, -0.1) is 0 Å². The molecule has 0 saturated carbocycles. The second-order valence-corrected chi connectivity index (χ2v) is 6.51. The summed E-state index contributed by atoms with van der Waals surface area (Å²) in [4.78, 5) is 22.1. The van der Waals surface area contributed by atoms with Gasteiger partial charge in [0, 0.05) is 23.7 Å². The van der Waals surface area contributed by atoms with Crippen LogP contribution in [-0.4, -0.2) is 22.5 Å². The van der Waals surface area contributed by atoms with Crippen LogP contribution in [0.15, 0.2) is 79.0 Å². The van der Waals surface area contributed by atoms with Crippen molar-refractivity contribution in [2.24, 2.45) is 0 Å². The topological polar surface area (TPSA) is 64.1 Å². The second-order valence-electron chi connectivity index (χ2n) is 6.51. The lowest BCUT2D eigenvalue weighted by molar-refractivity contribution is 0.0952. The number of ether oxygens (including phenoxy) is 1. The summed E-state index contributed by atoms with van der Waals surface area (Å²) in [6.07, 6.45) is 1.72. The largest absolute Gasteiger partial charge is 0.494 e. The van der Waals surface area contributed by atoms with E-state index in [4.69, 9.17) is 4.74 Å². The summed E-state index contributed by atoms with van der Waals surface area (Å²) in [5.41, 5.74) is 3.67. The smallest absolute Gasteiger partial charge is 0.252 e. The highest BCUT2D eigenvalue weighted by atomic mass is 16.5. The lowest BCUT2D eigenvalue weighted by atomic mass is 10.1. The van der Waals surface area contributed by atoms with E-state index in [1.54, 1.807) is 12.3 Å². The van der Waals surface area contributed by atoms with Gasteiger partial charge in [0.25, 0.3) is 5.91 Å². The van der Waals surface area contributed by atoms with Crippen LogP contribution in [0.25, 0.3) is 22.3 Å². The molecule has 0 bridgehead atoms. The Morgan fingerprint density at radius 2 is 1.76 bits per heavy atom. The van der Waals surface area contributed by atoms with Crippen molar-refractivity contribution in [2.75, 3.05) is 6.61 Å². The van der Waals surface area contributed by atoms with Crippen LogP contribution in [0.1, 0.15) is 22.8 Å². The molecule has 2 aromatic heterocycles. The standard InChI is InChI=1S/C24H21N3O2/c1-2-29-23-13-6-3-9-17(23)16-26-24(28)19-15-22(21-12-7-8-14-25-21)27-20-11-5-4-10-18(19)20/h3-15H,2,16H2,1H3,(H,26,28). The number of carbonyl (C=O) groups is 1. The zero-order chi connectivity index (χ0) is 20.1. The number of nitrogens with zero attached hydrogens (tertiary/aromatic N) is 2. The maximum Gasteiger partial charge on any atom is 0.252 e. The van der Waals surface area contributed by atoms with E-state index in [9.17, 15) is 4.79 Å². The van der Waals surface area contributed by atoms with Crippen molar-refractivity contribution in [1.29, 1.82) is 0 Å². The maximum atomic E-state index is 13.1. The van der Waals surface area contributed by atoms with Crippen LogP contribution in [0, 0.1) is 0 Å². The predicted octanol–water partition coefficient (Wildman–Crippen LogP) is 4.63. The first-order valence-corrected chi connectivity index (χ1v) is 9.56. The van der Waals surface area contributed by atoms with Gasteiger partial charge in [-0.05, 0) is 37.3 Å². The van der Waals surface area contributed by atoms with E-state index in [0.717, 1.165) is 27.9 Å². The SMILES string of the molecule is CCOc1ccccc1CNC(=O)c1cc(-c2ccccn2)nc2ccccc12. The van der Waals surface area contributed by atoms with Crippen molar-refractivity contribution < 1.29 is 9.53 Å². The Balaban J connectivity index is 1.67. The monoisotopic (exact) mass is 383 g/mol. The highest BCUT2D eigenvalue weighted by Crippen LogP contribution is 2.24. The van der Waals surface area contributed by atoms with Gasteiger partial charge in [-0.2, -0.15) is 0 Å². The Morgan fingerprint density at radius 3 is 2.59 bits per heavy atom. The second kappa shape index (κ2) is 8.52. The van der Waals surface area contributed by atoms with Crippen LogP contribution < -0.4 is 10.1 Å². The molecule has 1 N–H and O–H groups in total. The molecule has 0 unspecified atom stereocenters. The number of benzene rings is 2. The van der Waals surface area contributed by atoms with Gasteiger partial charge < -0.3 is 10.1 Å². The lowest BCUT2D eigenvalue weighted by Gasteiger charge is -2.13. The van der Waals surface area contributed by atoms with Crippen LogP contribution in [0.2, 0.25) is 0 Å². The number of hydrogen-bond acceptors (Lipinski definition) is 4. The quantitative estimate of drug-likeness (QED) is 0.527. The Bertz CT molecular complexity index is 1140. The molecule has 0 spiro atoms.